The molecular weight excluding hydrogens is 196 g/mol. The van der Waals surface area contributed by atoms with Gasteiger partial charge in [0.2, 0.25) is 6.79 Å². The Balaban J connectivity index is 2.65. The maximum Gasteiger partial charge on any atom is 0.231 e. The Bertz CT molecular complexity index is 375. The van der Waals surface area contributed by atoms with Crippen LogP contribution in [0.4, 0.5) is 0 Å². The van der Waals surface area contributed by atoms with E-state index in [1.54, 1.807) is 6.07 Å². The number of aromatic carboxylic acids is 1. The normalized spacial score (nSPS) is 13.0. The summed E-state index contributed by atoms with van der Waals surface area (Å²) in [6.45, 7) is 0.00988. The van der Waals surface area contributed by atoms with Crippen LogP contribution in [0.15, 0.2) is 12.1 Å². The summed E-state index contributed by atoms with van der Waals surface area (Å²) in [5.74, 6) is -0.844. The molecule has 0 saturated carbocycles. The Labute approximate surface area is 78.6 Å². The molecule has 1 aliphatic heterocycles. The Kier molecular flexibility index (Phi) is 1.77. The molecule has 0 fully saturated rings. The van der Waals surface area contributed by atoms with E-state index in [0.717, 1.165) is 0 Å². The first kappa shape index (κ1) is 8.19. The number of ether oxygens (including phenoxy) is 2. The molecule has 0 amide bonds. The van der Waals surface area contributed by atoms with Crippen LogP contribution in [0.5, 0.6) is 11.5 Å². The summed E-state index contributed by atoms with van der Waals surface area (Å²) in [6.07, 6.45) is 0. The number of fused-ring (bicyclic) bond motifs is 1. The molecule has 0 spiro atoms. The van der Waals surface area contributed by atoms with Crippen LogP contribution in [0, 0.1) is 0 Å². The monoisotopic (exact) mass is 199 g/mol. The molecule has 0 unspecified atom stereocenters. The van der Waals surface area contributed by atoms with E-state index in [1.165, 1.54) is 6.07 Å². The molecule has 4 nitrogen and oxygen atoms in total. The summed E-state index contributed by atoms with van der Waals surface area (Å²) < 4.78 is 9.92. The number of hydrogen-bond donors (Lipinski definition) is 0. The van der Waals surface area contributed by atoms with Crippen molar-refractivity contribution < 1.29 is 19.4 Å². The predicted molar refractivity (Wildman–Crippen MR) is 41.9 cm³/mol. The number of carboxylic acids is 1. The van der Waals surface area contributed by atoms with E-state index in [4.69, 9.17) is 21.1 Å². The molecule has 1 aliphatic rings. The van der Waals surface area contributed by atoms with Crippen LogP contribution >= 0.6 is 11.6 Å². The highest BCUT2D eigenvalue weighted by molar-refractivity contribution is 6.33. The van der Waals surface area contributed by atoms with E-state index < -0.39 is 5.97 Å². The average Bonchev–Trinajstić information content (AvgIpc) is 2.50. The number of halogens is 1. The molecule has 13 heavy (non-hydrogen) atoms. The van der Waals surface area contributed by atoms with Gasteiger partial charge in [0.25, 0.3) is 0 Å². The van der Waals surface area contributed by atoms with Gasteiger partial charge in [0.05, 0.1) is 16.6 Å². The highest BCUT2D eigenvalue weighted by Gasteiger charge is 2.20. The summed E-state index contributed by atoms with van der Waals surface area (Å²) in [7, 11) is 0. The highest BCUT2D eigenvalue weighted by Crippen LogP contribution is 2.38. The first-order valence-corrected chi connectivity index (χ1v) is 3.87. The third-order valence-corrected chi connectivity index (χ3v) is 2.01. The van der Waals surface area contributed by atoms with E-state index in [2.05, 4.69) is 0 Å². The number of benzene rings is 1. The zero-order valence-corrected chi connectivity index (χ0v) is 7.13. The SMILES string of the molecule is O=C([O-])c1c(Cl)ccc2c1OCO2. The molecule has 68 valence electrons. The third-order valence-electron chi connectivity index (χ3n) is 1.69. The first-order valence-electron chi connectivity index (χ1n) is 3.49. The number of carboxylic acid groups (broad SMARTS) is 1. The van der Waals surface area contributed by atoms with Gasteiger partial charge in [0.15, 0.2) is 11.5 Å². The summed E-state index contributed by atoms with van der Waals surface area (Å²) >= 11 is 5.65. The second-order valence-corrected chi connectivity index (χ2v) is 2.85. The fraction of sp³-hybridized carbons (Fsp3) is 0.125. The lowest BCUT2D eigenvalue weighted by Crippen LogP contribution is -2.23. The van der Waals surface area contributed by atoms with Crippen molar-refractivity contribution in [1.29, 1.82) is 0 Å². The Morgan fingerprint density at radius 3 is 2.92 bits per heavy atom. The minimum absolute atomic E-state index is 0.00988. The fourth-order valence-corrected chi connectivity index (χ4v) is 1.36. The van der Waals surface area contributed by atoms with Gasteiger partial charge in [-0.25, -0.2) is 0 Å². The molecule has 0 aromatic heterocycles. The predicted octanol–water partition coefficient (Wildman–Crippen LogP) is 0.432. The molecule has 1 aromatic carbocycles. The van der Waals surface area contributed by atoms with Crippen molar-refractivity contribution in [3.63, 3.8) is 0 Å². The summed E-state index contributed by atoms with van der Waals surface area (Å²) in [5, 5.41) is 10.7. The molecule has 0 saturated heterocycles. The summed E-state index contributed by atoms with van der Waals surface area (Å²) in [6, 6.07) is 2.98. The van der Waals surface area contributed by atoms with Crippen LogP contribution in [0.3, 0.4) is 0 Å². The van der Waals surface area contributed by atoms with Crippen molar-refractivity contribution in [3.8, 4) is 11.5 Å². The maximum absolute atomic E-state index is 10.7. The van der Waals surface area contributed by atoms with Crippen LogP contribution in [0.25, 0.3) is 0 Å². The molecule has 0 atom stereocenters. The minimum atomic E-state index is -1.37. The topological polar surface area (TPSA) is 58.6 Å². The third kappa shape index (κ3) is 1.19. The van der Waals surface area contributed by atoms with Gasteiger partial charge in [0, 0.05) is 0 Å². The van der Waals surface area contributed by atoms with Gasteiger partial charge in [-0.2, -0.15) is 0 Å². The van der Waals surface area contributed by atoms with E-state index in [0.29, 0.717) is 5.75 Å². The largest absolute Gasteiger partial charge is 0.545 e. The molecule has 2 rings (SSSR count). The van der Waals surface area contributed by atoms with E-state index in [-0.39, 0.29) is 23.1 Å². The van der Waals surface area contributed by atoms with Crippen LogP contribution in [0.1, 0.15) is 10.4 Å². The Morgan fingerprint density at radius 2 is 2.23 bits per heavy atom. The van der Waals surface area contributed by atoms with Crippen LogP contribution in [0.2, 0.25) is 5.02 Å². The molecule has 0 aliphatic carbocycles. The fourth-order valence-electron chi connectivity index (χ4n) is 1.14. The highest BCUT2D eigenvalue weighted by atomic mass is 35.5. The number of carbonyl (C=O) groups excluding carboxylic acids is 1. The zero-order chi connectivity index (χ0) is 9.42. The molecule has 1 heterocycles. The quantitative estimate of drug-likeness (QED) is 0.658. The standard InChI is InChI=1S/C8H5ClO4/c9-4-1-2-5-7(13-3-12-5)6(4)8(10)11/h1-2H,3H2,(H,10,11)/p-1. The van der Waals surface area contributed by atoms with Crippen LogP contribution in [-0.2, 0) is 0 Å². The van der Waals surface area contributed by atoms with Gasteiger partial charge >= 0.3 is 0 Å². The smallest absolute Gasteiger partial charge is 0.231 e. The van der Waals surface area contributed by atoms with Gasteiger partial charge < -0.3 is 19.4 Å². The van der Waals surface area contributed by atoms with Crippen molar-refractivity contribution in [2.75, 3.05) is 6.79 Å². The number of carbonyl (C=O) groups is 1. The van der Waals surface area contributed by atoms with Crippen LogP contribution in [-0.4, -0.2) is 12.8 Å². The second-order valence-electron chi connectivity index (χ2n) is 2.44. The maximum atomic E-state index is 10.7. The summed E-state index contributed by atoms with van der Waals surface area (Å²) in [4.78, 5) is 10.7. The van der Waals surface area contributed by atoms with Crippen molar-refractivity contribution >= 4 is 17.6 Å². The van der Waals surface area contributed by atoms with Crippen molar-refractivity contribution in [3.05, 3.63) is 22.7 Å². The molecule has 5 heteroatoms. The molecule has 0 N–H and O–H groups in total. The van der Waals surface area contributed by atoms with Gasteiger partial charge in [0.1, 0.15) is 0 Å². The number of hydrogen-bond acceptors (Lipinski definition) is 4. The van der Waals surface area contributed by atoms with Crippen molar-refractivity contribution in [2.45, 2.75) is 0 Å². The second kappa shape index (κ2) is 2.81. The molecular formula is C8H4ClO4-. The lowest BCUT2D eigenvalue weighted by molar-refractivity contribution is -0.255. The van der Waals surface area contributed by atoms with Gasteiger partial charge in [-0.05, 0) is 12.1 Å². The lowest BCUT2D eigenvalue weighted by atomic mass is 10.2. The van der Waals surface area contributed by atoms with E-state index in [9.17, 15) is 9.90 Å². The Morgan fingerprint density at radius 1 is 1.46 bits per heavy atom. The first-order chi connectivity index (χ1) is 6.20. The molecule has 0 bridgehead atoms. The minimum Gasteiger partial charge on any atom is -0.545 e. The molecule has 0 radical (unpaired) electrons. The van der Waals surface area contributed by atoms with Gasteiger partial charge in [-0.3, -0.25) is 0 Å². The lowest BCUT2D eigenvalue weighted by Gasteiger charge is -2.07. The van der Waals surface area contributed by atoms with Gasteiger partial charge in [-0.1, -0.05) is 11.6 Å². The number of rotatable bonds is 1. The average molecular weight is 200 g/mol. The molecule has 1 aromatic rings. The Hall–Kier alpha value is -1.42. The van der Waals surface area contributed by atoms with E-state index >= 15 is 0 Å². The van der Waals surface area contributed by atoms with Crippen LogP contribution < -0.4 is 14.6 Å². The van der Waals surface area contributed by atoms with Gasteiger partial charge in [-0.15, -0.1) is 0 Å². The van der Waals surface area contributed by atoms with Crippen molar-refractivity contribution in [2.24, 2.45) is 0 Å². The summed E-state index contributed by atoms with van der Waals surface area (Å²) in [5.41, 5.74) is -0.156. The zero-order valence-electron chi connectivity index (χ0n) is 6.37. The van der Waals surface area contributed by atoms with E-state index in [1.807, 2.05) is 0 Å². The van der Waals surface area contributed by atoms with Crippen molar-refractivity contribution in [1.82, 2.24) is 0 Å².